The molecule has 1 N–H and O–H groups in total. The second kappa shape index (κ2) is 13.8. The van der Waals surface area contributed by atoms with Crippen LogP contribution >= 0.6 is 12.4 Å². The van der Waals surface area contributed by atoms with Crippen molar-refractivity contribution >= 4 is 29.2 Å². The first-order valence-corrected chi connectivity index (χ1v) is 13.3. The monoisotopic (exact) mass is 543 g/mol. The maximum Gasteiger partial charge on any atom is 0.224 e. The molecule has 1 saturated heterocycles. The molecule has 0 aliphatic carbocycles. The highest BCUT2D eigenvalue weighted by Crippen LogP contribution is 2.34. The van der Waals surface area contributed by atoms with Gasteiger partial charge in [0.2, 0.25) is 5.91 Å². The zero-order valence-corrected chi connectivity index (χ0v) is 23.6. The van der Waals surface area contributed by atoms with Crippen LogP contribution in [0.5, 0.6) is 11.5 Å². The number of fused-ring (bicyclic) bond motifs is 1. The summed E-state index contributed by atoms with van der Waals surface area (Å²) in [5.41, 5.74) is 3.91. The number of methoxy groups -OCH3 is 1. The molecule has 0 bridgehead atoms. The molecular formula is C30H39ClFN3O3. The molecule has 2 aromatic carbocycles. The predicted octanol–water partition coefficient (Wildman–Crippen LogP) is 6.10. The Kier molecular flexibility index (Phi) is 10.7. The van der Waals surface area contributed by atoms with Gasteiger partial charge in [-0.2, -0.15) is 0 Å². The highest BCUT2D eigenvalue weighted by Gasteiger charge is 2.19. The Hall–Kier alpha value is -2.90. The van der Waals surface area contributed by atoms with Crippen molar-refractivity contribution in [2.45, 2.75) is 58.9 Å². The van der Waals surface area contributed by atoms with E-state index in [-0.39, 0.29) is 36.5 Å². The van der Waals surface area contributed by atoms with E-state index < -0.39 is 5.82 Å². The average Bonchev–Trinajstić information content (AvgIpc) is 2.89. The van der Waals surface area contributed by atoms with Crippen molar-refractivity contribution in [3.63, 3.8) is 0 Å². The molecule has 0 unspecified atom stereocenters. The number of amides is 1. The number of pyridine rings is 1. The molecule has 4 rings (SSSR count). The SMILES string of the molecule is COc1cc(-c2nc3ccc(OCCCN4CCCCC4)cc3c(C)c2CC(=O)NC(C)C)ccc1F.Cl. The highest BCUT2D eigenvalue weighted by atomic mass is 35.5. The zero-order valence-electron chi connectivity index (χ0n) is 22.8. The molecule has 0 saturated carbocycles. The number of carbonyl (C=O) groups excluding carboxylic acids is 1. The van der Waals surface area contributed by atoms with Gasteiger partial charge in [0.25, 0.3) is 0 Å². The van der Waals surface area contributed by atoms with Crippen LogP contribution in [0.2, 0.25) is 0 Å². The molecule has 0 spiro atoms. The lowest BCUT2D eigenvalue weighted by atomic mass is 9.95. The summed E-state index contributed by atoms with van der Waals surface area (Å²) in [5.74, 6) is 0.414. The Morgan fingerprint density at radius 1 is 1.13 bits per heavy atom. The maximum atomic E-state index is 14.1. The molecule has 1 fully saturated rings. The fourth-order valence-corrected chi connectivity index (χ4v) is 4.99. The van der Waals surface area contributed by atoms with Crippen LogP contribution in [0.3, 0.4) is 0 Å². The van der Waals surface area contributed by atoms with E-state index in [2.05, 4.69) is 10.2 Å². The Balaban J connectivity index is 0.00000400. The van der Waals surface area contributed by atoms with Crippen LogP contribution in [0.25, 0.3) is 22.2 Å². The van der Waals surface area contributed by atoms with Gasteiger partial charge in [0.15, 0.2) is 11.6 Å². The van der Waals surface area contributed by atoms with Gasteiger partial charge in [-0.1, -0.05) is 6.42 Å². The van der Waals surface area contributed by atoms with Crippen LogP contribution in [-0.2, 0) is 11.2 Å². The molecule has 1 aromatic heterocycles. The zero-order chi connectivity index (χ0) is 26.4. The quantitative estimate of drug-likeness (QED) is 0.313. The van der Waals surface area contributed by atoms with E-state index in [0.717, 1.165) is 40.7 Å². The number of nitrogens with one attached hydrogen (secondary N) is 1. The number of nitrogens with zero attached hydrogens (tertiary/aromatic N) is 2. The summed E-state index contributed by atoms with van der Waals surface area (Å²) in [6, 6.07) is 10.6. The van der Waals surface area contributed by atoms with Gasteiger partial charge in [0, 0.05) is 23.5 Å². The Morgan fingerprint density at radius 2 is 1.89 bits per heavy atom. The lowest BCUT2D eigenvalue weighted by Crippen LogP contribution is -2.31. The Bertz CT molecular complexity index is 1250. The third-order valence-electron chi connectivity index (χ3n) is 6.89. The molecule has 3 aromatic rings. The van der Waals surface area contributed by atoms with Crippen LogP contribution in [-0.4, -0.2) is 55.2 Å². The normalized spacial score (nSPS) is 13.8. The summed E-state index contributed by atoms with van der Waals surface area (Å²) in [5, 5.41) is 3.91. The van der Waals surface area contributed by atoms with Gasteiger partial charge in [-0.25, -0.2) is 9.37 Å². The van der Waals surface area contributed by atoms with Gasteiger partial charge in [0.1, 0.15) is 5.75 Å². The predicted molar refractivity (Wildman–Crippen MR) is 153 cm³/mol. The lowest BCUT2D eigenvalue weighted by Gasteiger charge is -2.26. The number of aromatic nitrogens is 1. The van der Waals surface area contributed by atoms with E-state index in [1.807, 2.05) is 39.0 Å². The second-order valence-electron chi connectivity index (χ2n) is 10.1. The Labute approximate surface area is 231 Å². The summed E-state index contributed by atoms with van der Waals surface area (Å²) in [7, 11) is 1.44. The fourth-order valence-electron chi connectivity index (χ4n) is 4.99. The average molecular weight is 544 g/mol. The number of hydrogen-bond acceptors (Lipinski definition) is 5. The van der Waals surface area contributed by atoms with E-state index in [9.17, 15) is 9.18 Å². The number of rotatable bonds is 10. The van der Waals surface area contributed by atoms with E-state index >= 15 is 0 Å². The number of ether oxygens (including phenoxy) is 2. The van der Waals surface area contributed by atoms with Crippen molar-refractivity contribution in [1.82, 2.24) is 15.2 Å². The molecular weight excluding hydrogens is 505 g/mol. The van der Waals surface area contributed by atoms with E-state index in [1.165, 1.54) is 45.5 Å². The standard InChI is InChI=1S/C30H38FN3O3.ClH/c1-20(2)32-29(35)19-25-21(3)24-18-23(37-16-8-15-34-13-6-5-7-14-34)10-12-27(24)33-30(25)22-9-11-26(31)28(17-22)36-4;/h9-12,17-18,20H,5-8,13-16,19H2,1-4H3,(H,32,35);1H. The smallest absolute Gasteiger partial charge is 0.224 e. The van der Waals surface area contributed by atoms with Crippen molar-refractivity contribution in [2.24, 2.45) is 0 Å². The van der Waals surface area contributed by atoms with Gasteiger partial charge in [-0.05, 0) is 101 Å². The van der Waals surface area contributed by atoms with E-state index in [1.54, 1.807) is 12.1 Å². The minimum atomic E-state index is -0.440. The van der Waals surface area contributed by atoms with Gasteiger partial charge in [-0.15, -0.1) is 12.4 Å². The molecule has 2 heterocycles. The highest BCUT2D eigenvalue weighted by molar-refractivity contribution is 5.91. The molecule has 0 radical (unpaired) electrons. The largest absolute Gasteiger partial charge is 0.494 e. The van der Waals surface area contributed by atoms with E-state index in [0.29, 0.717) is 17.9 Å². The molecule has 1 aliphatic rings. The van der Waals surface area contributed by atoms with Crippen LogP contribution in [0.15, 0.2) is 36.4 Å². The minimum absolute atomic E-state index is 0. The number of aryl methyl sites for hydroxylation is 1. The third kappa shape index (κ3) is 7.35. The topological polar surface area (TPSA) is 63.7 Å². The van der Waals surface area contributed by atoms with Crippen LogP contribution in [0.1, 0.15) is 50.7 Å². The van der Waals surface area contributed by atoms with Crippen molar-refractivity contribution < 1.29 is 18.7 Å². The Morgan fingerprint density at radius 3 is 2.61 bits per heavy atom. The minimum Gasteiger partial charge on any atom is -0.494 e. The number of piperidine rings is 1. The van der Waals surface area contributed by atoms with Crippen molar-refractivity contribution in [3.8, 4) is 22.8 Å². The van der Waals surface area contributed by atoms with Gasteiger partial charge in [0.05, 0.1) is 31.3 Å². The van der Waals surface area contributed by atoms with Crippen molar-refractivity contribution in [2.75, 3.05) is 33.4 Å². The maximum absolute atomic E-state index is 14.1. The van der Waals surface area contributed by atoms with Crippen LogP contribution in [0, 0.1) is 12.7 Å². The van der Waals surface area contributed by atoms with Crippen molar-refractivity contribution in [3.05, 3.63) is 53.3 Å². The molecule has 8 heteroatoms. The molecule has 0 atom stereocenters. The number of hydrogen-bond donors (Lipinski definition) is 1. The summed E-state index contributed by atoms with van der Waals surface area (Å²) < 4.78 is 25.4. The first kappa shape index (κ1) is 29.7. The molecule has 38 heavy (non-hydrogen) atoms. The van der Waals surface area contributed by atoms with E-state index in [4.69, 9.17) is 14.5 Å². The summed E-state index contributed by atoms with van der Waals surface area (Å²) in [6.07, 6.45) is 5.09. The number of benzene rings is 2. The summed E-state index contributed by atoms with van der Waals surface area (Å²) >= 11 is 0. The first-order chi connectivity index (χ1) is 17.9. The molecule has 6 nitrogen and oxygen atoms in total. The lowest BCUT2D eigenvalue weighted by molar-refractivity contribution is -0.120. The van der Waals surface area contributed by atoms with Gasteiger partial charge in [-0.3, -0.25) is 4.79 Å². The molecule has 1 amide bonds. The molecule has 1 aliphatic heterocycles. The number of halogens is 2. The summed E-state index contributed by atoms with van der Waals surface area (Å²) in [4.78, 5) is 20.2. The number of likely N-dealkylation sites (tertiary alicyclic amines) is 1. The van der Waals surface area contributed by atoms with Crippen LogP contribution in [0.4, 0.5) is 4.39 Å². The van der Waals surface area contributed by atoms with Crippen molar-refractivity contribution in [1.29, 1.82) is 0 Å². The fraction of sp³-hybridized carbons (Fsp3) is 0.467. The first-order valence-electron chi connectivity index (χ1n) is 13.3. The third-order valence-corrected chi connectivity index (χ3v) is 6.89. The summed E-state index contributed by atoms with van der Waals surface area (Å²) in [6.45, 7) is 9.98. The van der Waals surface area contributed by atoms with Gasteiger partial charge >= 0.3 is 0 Å². The second-order valence-corrected chi connectivity index (χ2v) is 10.1. The van der Waals surface area contributed by atoms with Gasteiger partial charge < -0.3 is 19.7 Å². The van der Waals surface area contributed by atoms with Crippen LogP contribution < -0.4 is 14.8 Å². The number of carbonyl (C=O) groups is 1. The molecule has 206 valence electrons.